The van der Waals surface area contributed by atoms with Crippen LogP contribution in [0.3, 0.4) is 0 Å². The molecule has 0 atom stereocenters. The largest absolute Gasteiger partial charge is 0.494 e. The van der Waals surface area contributed by atoms with E-state index in [0.717, 1.165) is 55.4 Å². The van der Waals surface area contributed by atoms with Crippen molar-refractivity contribution < 1.29 is 19.1 Å². The number of aromatic nitrogens is 1. The summed E-state index contributed by atoms with van der Waals surface area (Å²) in [6, 6.07) is 16.2. The number of carbonyl (C=O) groups excluding carboxylic acids is 2. The lowest BCUT2D eigenvalue weighted by Crippen LogP contribution is -2.46. The molecule has 0 radical (unpaired) electrons. The Morgan fingerprint density at radius 2 is 1.74 bits per heavy atom. The van der Waals surface area contributed by atoms with Crippen LogP contribution in [0, 0.1) is 5.92 Å². The van der Waals surface area contributed by atoms with Crippen molar-refractivity contribution in [2.45, 2.75) is 58.4 Å². The van der Waals surface area contributed by atoms with Crippen LogP contribution in [0.5, 0.6) is 5.75 Å². The maximum atomic E-state index is 13.8. The summed E-state index contributed by atoms with van der Waals surface area (Å²) in [5.74, 6) is 0.947. The van der Waals surface area contributed by atoms with Gasteiger partial charge in [-0.3, -0.25) is 9.59 Å². The number of aromatic amines is 1. The molecule has 1 saturated carbocycles. The predicted octanol–water partition coefficient (Wildman–Crippen LogP) is 5.58. The zero-order chi connectivity index (χ0) is 27.5. The van der Waals surface area contributed by atoms with Crippen LogP contribution < -0.4 is 4.74 Å². The number of methoxy groups -OCH3 is 1. The molecule has 39 heavy (non-hydrogen) atoms. The van der Waals surface area contributed by atoms with E-state index in [2.05, 4.69) is 17.1 Å². The summed E-state index contributed by atoms with van der Waals surface area (Å²) in [4.78, 5) is 34.4. The quantitative estimate of drug-likeness (QED) is 0.275. The molecule has 7 nitrogen and oxygen atoms in total. The lowest BCUT2D eigenvalue weighted by atomic mass is 9.88. The van der Waals surface area contributed by atoms with E-state index in [1.165, 1.54) is 17.4 Å². The number of hydrogen-bond acceptors (Lipinski definition) is 4. The summed E-state index contributed by atoms with van der Waals surface area (Å²) in [7, 11) is 1.67. The molecule has 1 aliphatic carbocycles. The van der Waals surface area contributed by atoms with E-state index in [0.29, 0.717) is 32.8 Å². The number of nitrogens with one attached hydrogen (secondary N) is 1. The fourth-order valence-corrected chi connectivity index (χ4v) is 5.50. The Balaban J connectivity index is 1.50. The molecule has 0 unspecified atom stereocenters. The minimum Gasteiger partial charge on any atom is -0.494 e. The fraction of sp³-hybridized carbons (Fsp3) is 0.500. The number of fused-ring (bicyclic) bond motifs is 1. The van der Waals surface area contributed by atoms with Gasteiger partial charge in [-0.15, -0.1) is 0 Å². The Hall–Kier alpha value is -3.32. The van der Waals surface area contributed by atoms with Crippen molar-refractivity contribution in [1.82, 2.24) is 14.8 Å². The molecule has 1 heterocycles. The topological polar surface area (TPSA) is 74.9 Å². The van der Waals surface area contributed by atoms with Crippen LogP contribution in [0.2, 0.25) is 0 Å². The van der Waals surface area contributed by atoms with E-state index in [9.17, 15) is 9.59 Å². The smallest absolute Gasteiger partial charge is 0.242 e. The predicted molar refractivity (Wildman–Crippen MR) is 155 cm³/mol. The van der Waals surface area contributed by atoms with Gasteiger partial charge in [0.2, 0.25) is 11.8 Å². The fourth-order valence-electron chi connectivity index (χ4n) is 5.50. The minimum absolute atomic E-state index is 0.0229. The first-order valence-corrected chi connectivity index (χ1v) is 14.4. The highest BCUT2D eigenvalue weighted by molar-refractivity contribution is 5.86. The molecule has 4 rings (SSSR count). The summed E-state index contributed by atoms with van der Waals surface area (Å²) in [5, 5.41) is 1.18. The Morgan fingerprint density at radius 3 is 2.49 bits per heavy atom. The van der Waals surface area contributed by atoms with Crippen molar-refractivity contribution in [2.24, 2.45) is 5.92 Å². The number of para-hydroxylation sites is 1. The SMILES string of the molecule is CCOc1ccc(CN(CCc2c[nH]c3ccccc23)C(=O)CN(CCCOC)C(=O)C2CCCCC2)cc1. The Labute approximate surface area is 232 Å². The Morgan fingerprint density at radius 1 is 0.974 bits per heavy atom. The standard InChI is InChI=1S/C32H43N3O4/c1-3-39-28-16-14-25(15-17-28)23-34(20-18-27-22-33-30-13-8-7-12-29(27)30)31(36)24-35(19-9-21-38-2)32(37)26-10-5-4-6-11-26/h7-8,12-17,22,26,33H,3-6,9-11,18-21,23-24H2,1-2H3. The minimum atomic E-state index is -0.0229. The van der Waals surface area contributed by atoms with E-state index >= 15 is 0 Å². The zero-order valence-corrected chi connectivity index (χ0v) is 23.5. The first-order chi connectivity index (χ1) is 19.1. The van der Waals surface area contributed by atoms with Gasteiger partial charge >= 0.3 is 0 Å². The summed E-state index contributed by atoms with van der Waals surface area (Å²) >= 11 is 0. The van der Waals surface area contributed by atoms with Gasteiger partial charge in [-0.05, 0) is 61.9 Å². The van der Waals surface area contributed by atoms with Gasteiger partial charge in [0.1, 0.15) is 5.75 Å². The van der Waals surface area contributed by atoms with E-state index in [4.69, 9.17) is 9.47 Å². The van der Waals surface area contributed by atoms with E-state index in [1.54, 1.807) is 12.0 Å². The molecule has 7 heteroatoms. The summed E-state index contributed by atoms with van der Waals surface area (Å²) < 4.78 is 10.8. The molecule has 0 bridgehead atoms. The second kappa shape index (κ2) is 14.7. The highest BCUT2D eigenvalue weighted by Crippen LogP contribution is 2.26. The zero-order valence-electron chi connectivity index (χ0n) is 23.5. The van der Waals surface area contributed by atoms with E-state index < -0.39 is 0 Å². The van der Waals surface area contributed by atoms with Crippen LogP contribution in [0.1, 0.15) is 56.6 Å². The van der Waals surface area contributed by atoms with Crippen molar-refractivity contribution in [1.29, 1.82) is 0 Å². The molecule has 0 spiro atoms. The van der Waals surface area contributed by atoms with Crippen molar-refractivity contribution in [3.8, 4) is 5.75 Å². The first kappa shape index (κ1) is 28.7. The summed E-state index contributed by atoms with van der Waals surface area (Å²) in [6.45, 7) is 4.83. The lowest BCUT2D eigenvalue weighted by Gasteiger charge is -2.31. The van der Waals surface area contributed by atoms with E-state index in [-0.39, 0.29) is 24.3 Å². The molecule has 2 amide bonds. The van der Waals surface area contributed by atoms with Crippen LogP contribution in [-0.4, -0.2) is 66.6 Å². The van der Waals surface area contributed by atoms with Crippen LogP contribution in [0.15, 0.2) is 54.7 Å². The molecule has 1 aromatic heterocycles. The molecule has 1 N–H and O–H groups in total. The molecular weight excluding hydrogens is 490 g/mol. The van der Waals surface area contributed by atoms with Crippen LogP contribution in [-0.2, 0) is 27.3 Å². The van der Waals surface area contributed by atoms with Crippen LogP contribution >= 0.6 is 0 Å². The van der Waals surface area contributed by atoms with Gasteiger partial charge < -0.3 is 24.3 Å². The first-order valence-electron chi connectivity index (χ1n) is 14.4. The maximum Gasteiger partial charge on any atom is 0.242 e. The van der Waals surface area contributed by atoms with Crippen LogP contribution in [0.4, 0.5) is 0 Å². The van der Waals surface area contributed by atoms with Crippen molar-refractivity contribution in [3.05, 3.63) is 65.9 Å². The van der Waals surface area contributed by atoms with Gasteiger partial charge in [0.15, 0.2) is 0 Å². The second-order valence-electron chi connectivity index (χ2n) is 10.4. The van der Waals surface area contributed by atoms with Gasteiger partial charge in [-0.1, -0.05) is 49.6 Å². The number of nitrogens with zero attached hydrogens (tertiary/aromatic N) is 2. The van der Waals surface area contributed by atoms with Gasteiger partial charge in [-0.2, -0.15) is 0 Å². The average Bonchev–Trinajstić information content (AvgIpc) is 3.39. The number of benzene rings is 2. The molecule has 2 aromatic carbocycles. The number of amides is 2. The molecule has 0 aliphatic heterocycles. The normalized spacial score (nSPS) is 13.9. The average molecular weight is 534 g/mol. The van der Waals surface area contributed by atoms with Gasteiger partial charge in [0.25, 0.3) is 0 Å². The van der Waals surface area contributed by atoms with Crippen molar-refractivity contribution >= 4 is 22.7 Å². The summed E-state index contributed by atoms with van der Waals surface area (Å²) in [5.41, 5.74) is 3.32. The highest BCUT2D eigenvalue weighted by Gasteiger charge is 2.28. The molecule has 210 valence electrons. The molecule has 1 aliphatic rings. The molecule has 3 aromatic rings. The highest BCUT2D eigenvalue weighted by atomic mass is 16.5. The van der Waals surface area contributed by atoms with E-state index in [1.807, 2.05) is 54.4 Å². The number of hydrogen-bond donors (Lipinski definition) is 1. The summed E-state index contributed by atoms with van der Waals surface area (Å²) in [6.07, 6.45) is 8.69. The molecule has 1 fully saturated rings. The third-order valence-corrected chi connectivity index (χ3v) is 7.66. The van der Waals surface area contributed by atoms with Gasteiger partial charge in [0, 0.05) is 56.4 Å². The van der Waals surface area contributed by atoms with Gasteiger partial charge in [-0.25, -0.2) is 0 Å². The third kappa shape index (κ3) is 8.09. The lowest BCUT2D eigenvalue weighted by molar-refractivity contribution is -0.144. The monoisotopic (exact) mass is 533 g/mol. The van der Waals surface area contributed by atoms with Crippen molar-refractivity contribution in [3.63, 3.8) is 0 Å². The Kier molecular flexibility index (Phi) is 10.8. The number of rotatable bonds is 14. The molecular formula is C32H43N3O4. The van der Waals surface area contributed by atoms with Crippen LogP contribution in [0.25, 0.3) is 10.9 Å². The van der Waals surface area contributed by atoms with Gasteiger partial charge in [0.05, 0.1) is 13.2 Å². The molecule has 0 saturated heterocycles. The van der Waals surface area contributed by atoms with Crippen molar-refractivity contribution in [2.75, 3.05) is 40.0 Å². The third-order valence-electron chi connectivity index (χ3n) is 7.66. The number of carbonyl (C=O) groups is 2. The number of H-pyrrole nitrogens is 1. The second-order valence-corrected chi connectivity index (χ2v) is 10.4. The Bertz CT molecular complexity index is 1180. The maximum absolute atomic E-state index is 13.8. The number of ether oxygens (including phenoxy) is 2.